The van der Waals surface area contributed by atoms with Gasteiger partial charge in [0.05, 0.1) is 6.61 Å². The maximum atomic E-state index is 9.33. The van der Waals surface area contributed by atoms with Gasteiger partial charge in [-0.25, -0.2) is 0 Å². The van der Waals surface area contributed by atoms with Crippen LogP contribution in [0.4, 0.5) is 5.69 Å². The van der Waals surface area contributed by atoms with Crippen LogP contribution in [0.25, 0.3) is 0 Å². The first-order valence-corrected chi connectivity index (χ1v) is 8.46. The highest BCUT2D eigenvalue weighted by Gasteiger charge is 2.21. The first-order valence-electron chi connectivity index (χ1n) is 8.08. The Balaban J connectivity index is 2.10. The molecule has 2 rings (SSSR count). The van der Waals surface area contributed by atoms with Gasteiger partial charge in [-0.05, 0) is 43.4 Å². The second-order valence-electron chi connectivity index (χ2n) is 5.82. The average molecular weight is 311 g/mol. The number of nitrogens with zero attached hydrogens (tertiary/aromatic N) is 1. The van der Waals surface area contributed by atoms with Gasteiger partial charge in [0.2, 0.25) is 0 Å². The fourth-order valence-electron chi connectivity index (χ4n) is 2.76. The van der Waals surface area contributed by atoms with Gasteiger partial charge < -0.3 is 15.3 Å². The zero-order valence-electron chi connectivity index (χ0n) is 13.1. The van der Waals surface area contributed by atoms with E-state index in [9.17, 15) is 5.11 Å². The maximum absolute atomic E-state index is 9.33. The van der Waals surface area contributed by atoms with Crippen LogP contribution in [0.1, 0.15) is 45.1 Å². The molecule has 1 aromatic carbocycles. The molecule has 0 amide bonds. The molecule has 1 aliphatic rings. The molecular formula is C17H27ClN2O. The van der Waals surface area contributed by atoms with E-state index in [0.717, 1.165) is 35.7 Å². The Bertz CT molecular complexity index is 444. The van der Waals surface area contributed by atoms with Gasteiger partial charge in [-0.3, -0.25) is 0 Å². The Hall–Kier alpha value is -0.770. The minimum Gasteiger partial charge on any atom is -0.395 e. The minimum absolute atomic E-state index is 0.166. The molecular weight excluding hydrogens is 284 g/mol. The van der Waals surface area contributed by atoms with Gasteiger partial charge in [0.1, 0.15) is 0 Å². The molecule has 4 heteroatoms. The van der Waals surface area contributed by atoms with Crippen LogP contribution >= 0.6 is 11.6 Å². The number of halogens is 1. The summed E-state index contributed by atoms with van der Waals surface area (Å²) in [5.74, 6) is 0. The molecule has 3 nitrogen and oxygen atoms in total. The van der Waals surface area contributed by atoms with Crippen LogP contribution in [0.5, 0.6) is 0 Å². The van der Waals surface area contributed by atoms with Crippen LogP contribution in [-0.4, -0.2) is 30.3 Å². The summed E-state index contributed by atoms with van der Waals surface area (Å²) in [7, 11) is 0. The molecule has 0 bridgehead atoms. The van der Waals surface area contributed by atoms with Crippen molar-refractivity contribution in [1.82, 2.24) is 5.32 Å². The molecule has 2 N–H and O–H groups in total. The third kappa shape index (κ3) is 4.60. The lowest BCUT2D eigenvalue weighted by atomic mass is 10.1. The Labute approximate surface area is 133 Å². The molecule has 0 spiro atoms. The summed E-state index contributed by atoms with van der Waals surface area (Å²) >= 11 is 6.44. The molecule has 1 aromatic rings. The fourth-order valence-corrected chi connectivity index (χ4v) is 3.00. The SMILES string of the molecule is CCC(CC)N(CCO)c1ccc(CNC2CC2)c(Cl)c1. The molecule has 21 heavy (non-hydrogen) atoms. The van der Waals surface area contributed by atoms with Crippen LogP contribution in [-0.2, 0) is 6.54 Å². The van der Waals surface area contributed by atoms with E-state index >= 15 is 0 Å². The van der Waals surface area contributed by atoms with Gasteiger partial charge in [-0.1, -0.05) is 31.5 Å². The van der Waals surface area contributed by atoms with E-state index in [1.165, 1.54) is 12.8 Å². The van der Waals surface area contributed by atoms with Crippen molar-refractivity contribution in [3.8, 4) is 0 Å². The van der Waals surface area contributed by atoms with Gasteiger partial charge in [-0.15, -0.1) is 0 Å². The van der Waals surface area contributed by atoms with Crippen molar-refractivity contribution >= 4 is 17.3 Å². The van der Waals surface area contributed by atoms with Crippen LogP contribution in [0.2, 0.25) is 5.02 Å². The number of anilines is 1. The summed E-state index contributed by atoms with van der Waals surface area (Å²) in [5.41, 5.74) is 2.26. The second-order valence-corrected chi connectivity index (χ2v) is 6.23. The van der Waals surface area contributed by atoms with E-state index < -0.39 is 0 Å². The van der Waals surface area contributed by atoms with Crippen LogP contribution in [0, 0.1) is 0 Å². The zero-order valence-corrected chi connectivity index (χ0v) is 13.9. The lowest BCUT2D eigenvalue weighted by Gasteiger charge is -2.32. The number of rotatable bonds is 9. The third-order valence-corrected chi connectivity index (χ3v) is 4.60. The Kier molecular flexibility index (Phi) is 6.34. The van der Waals surface area contributed by atoms with Crippen molar-refractivity contribution in [2.75, 3.05) is 18.1 Å². The van der Waals surface area contributed by atoms with Gasteiger partial charge >= 0.3 is 0 Å². The second kappa shape index (κ2) is 8.02. The molecule has 0 saturated heterocycles. The number of benzene rings is 1. The summed E-state index contributed by atoms with van der Waals surface area (Å²) in [6, 6.07) is 7.42. The van der Waals surface area contributed by atoms with Crippen molar-refractivity contribution in [1.29, 1.82) is 0 Å². The van der Waals surface area contributed by atoms with Crippen molar-refractivity contribution in [3.05, 3.63) is 28.8 Å². The maximum Gasteiger partial charge on any atom is 0.0606 e. The van der Waals surface area contributed by atoms with Gasteiger partial charge in [0, 0.05) is 35.9 Å². The average Bonchev–Trinajstić information content (AvgIpc) is 3.30. The lowest BCUT2D eigenvalue weighted by Crippen LogP contribution is -2.36. The largest absolute Gasteiger partial charge is 0.395 e. The lowest BCUT2D eigenvalue weighted by molar-refractivity contribution is 0.296. The predicted octanol–water partition coefficient (Wildman–Crippen LogP) is 3.58. The zero-order chi connectivity index (χ0) is 15.2. The van der Waals surface area contributed by atoms with Gasteiger partial charge in [0.25, 0.3) is 0 Å². The van der Waals surface area contributed by atoms with E-state index in [1.807, 2.05) is 6.07 Å². The topological polar surface area (TPSA) is 35.5 Å². The fraction of sp³-hybridized carbons (Fsp3) is 0.647. The van der Waals surface area contributed by atoms with E-state index in [-0.39, 0.29) is 6.61 Å². The van der Waals surface area contributed by atoms with Crippen LogP contribution in [0.15, 0.2) is 18.2 Å². The van der Waals surface area contributed by atoms with E-state index in [1.54, 1.807) is 0 Å². The number of aliphatic hydroxyl groups is 1. The van der Waals surface area contributed by atoms with Crippen molar-refractivity contribution in [2.45, 2.75) is 58.2 Å². The molecule has 0 unspecified atom stereocenters. The summed E-state index contributed by atoms with van der Waals surface area (Å²) in [5, 5.41) is 13.6. The highest BCUT2D eigenvalue weighted by Crippen LogP contribution is 2.27. The van der Waals surface area contributed by atoms with E-state index in [0.29, 0.717) is 18.6 Å². The monoisotopic (exact) mass is 310 g/mol. The summed E-state index contributed by atoms with van der Waals surface area (Å²) < 4.78 is 0. The standard InChI is InChI=1S/C17H27ClN2O/c1-3-15(4-2)20(9-10-21)16-8-5-13(17(18)11-16)12-19-14-6-7-14/h5,8,11,14-15,19,21H,3-4,6-7,9-10,12H2,1-2H3. The number of hydrogen-bond donors (Lipinski definition) is 2. The molecule has 0 aliphatic heterocycles. The van der Waals surface area contributed by atoms with E-state index in [4.69, 9.17) is 11.6 Å². The normalized spacial score (nSPS) is 14.7. The highest BCUT2D eigenvalue weighted by molar-refractivity contribution is 6.31. The Morgan fingerprint density at radius 3 is 2.57 bits per heavy atom. The predicted molar refractivity (Wildman–Crippen MR) is 90.1 cm³/mol. The highest BCUT2D eigenvalue weighted by atomic mass is 35.5. The number of hydrogen-bond acceptors (Lipinski definition) is 3. The first-order chi connectivity index (χ1) is 10.2. The van der Waals surface area contributed by atoms with Crippen molar-refractivity contribution in [3.63, 3.8) is 0 Å². The van der Waals surface area contributed by atoms with E-state index in [2.05, 4.69) is 36.2 Å². The number of nitrogens with one attached hydrogen (secondary N) is 1. The van der Waals surface area contributed by atoms with Crippen molar-refractivity contribution in [2.24, 2.45) is 0 Å². The van der Waals surface area contributed by atoms with Gasteiger partial charge in [0.15, 0.2) is 0 Å². The van der Waals surface area contributed by atoms with Crippen LogP contribution < -0.4 is 10.2 Å². The quantitative estimate of drug-likeness (QED) is 0.732. The summed E-state index contributed by atoms with van der Waals surface area (Å²) in [6.45, 7) is 6.04. The molecule has 1 saturated carbocycles. The van der Waals surface area contributed by atoms with Crippen LogP contribution in [0.3, 0.4) is 0 Å². The molecule has 118 valence electrons. The molecule has 0 aromatic heterocycles. The molecule has 1 fully saturated rings. The van der Waals surface area contributed by atoms with Crippen molar-refractivity contribution < 1.29 is 5.11 Å². The molecule has 0 heterocycles. The molecule has 1 aliphatic carbocycles. The smallest absolute Gasteiger partial charge is 0.0606 e. The first kappa shape index (κ1) is 16.6. The molecule has 0 atom stereocenters. The molecule has 0 radical (unpaired) electrons. The minimum atomic E-state index is 0.166. The third-order valence-electron chi connectivity index (χ3n) is 4.25. The summed E-state index contributed by atoms with van der Waals surface area (Å²) in [6.07, 6.45) is 4.71. The summed E-state index contributed by atoms with van der Waals surface area (Å²) in [4.78, 5) is 2.27. The Morgan fingerprint density at radius 2 is 2.05 bits per heavy atom. The Morgan fingerprint density at radius 1 is 1.33 bits per heavy atom. The van der Waals surface area contributed by atoms with Gasteiger partial charge in [-0.2, -0.15) is 0 Å². The number of aliphatic hydroxyl groups excluding tert-OH is 1.